The van der Waals surface area contributed by atoms with Crippen LogP contribution in [0.25, 0.3) is 11.4 Å². The van der Waals surface area contributed by atoms with E-state index in [4.69, 9.17) is 10.5 Å². The van der Waals surface area contributed by atoms with E-state index in [0.717, 1.165) is 11.3 Å². The molecule has 2 heterocycles. The highest BCUT2D eigenvalue weighted by atomic mass is 16.5. The number of aromatic nitrogens is 4. The number of H-pyrrole nitrogens is 1. The summed E-state index contributed by atoms with van der Waals surface area (Å²) in [6.07, 6.45) is 1.30. The number of nitrogens with two attached hydrogens (primary N) is 1. The van der Waals surface area contributed by atoms with E-state index < -0.39 is 5.41 Å². The fourth-order valence-corrected chi connectivity index (χ4v) is 2.54. The van der Waals surface area contributed by atoms with Gasteiger partial charge in [-0.3, -0.25) is 4.79 Å². The Morgan fingerprint density at radius 1 is 1.32 bits per heavy atom. The average molecular weight is 302 g/mol. The summed E-state index contributed by atoms with van der Waals surface area (Å²) >= 11 is 0. The van der Waals surface area contributed by atoms with Crippen molar-refractivity contribution in [3.8, 4) is 11.4 Å². The molecule has 0 saturated carbocycles. The van der Waals surface area contributed by atoms with Crippen molar-refractivity contribution >= 4 is 11.6 Å². The summed E-state index contributed by atoms with van der Waals surface area (Å²) < 4.78 is 5.33. The lowest BCUT2D eigenvalue weighted by Gasteiger charge is -2.34. The number of anilines is 1. The van der Waals surface area contributed by atoms with E-state index in [1.54, 1.807) is 0 Å². The van der Waals surface area contributed by atoms with Gasteiger partial charge in [0.05, 0.1) is 5.41 Å². The first-order valence-corrected chi connectivity index (χ1v) is 7.17. The first-order chi connectivity index (χ1) is 10.7. The Balaban J connectivity index is 1.71. The number of rotatable bonds is 4. The van der Waals surface area contributed by atoms with Crippen LogP contribution in [0, 0.1) is 5.41 Å². The van der Waals surface area contributed by atoms with E-state index in [1.165, 1.54) is 0 Å². The molecule has 8 heteroatoms. The number of hydrogen-bond acceptors (Lipinski definition) is 6. The lowest BCUT2D eigenvalue weighted by atomic mass is 9.79. The van der Waals surface area contributed by atoms with Gasteiger partial charge in [-0.2, -0.15) is 5.21 Å². The molecule has 0 unspecified atom stereocenters. The second-order valence-corrected chi connectivity index (χ2v) is 5.36. The maximum absolute atomic E-state index is 12.5. The van der Waals surface area contributed by atoms with E-state index in [0.29, 0.717) is 38.4 Å². The summed E-state index contributed by atoms with van der Waals surface area (Å²) in [7, 11) is 0. The second-order valence-electron chi connectivity index (χ2n) is 5.36. The van der Waals surface area contributed by atoms with Gasteiger partial charge in [0.15, 0.2) is 0 Å². The summed E-state index contributed by atoms with van der Waals surface area (Å²) in [6, 6.07) is 7.29. The number of benzene rings is 1. The molecule has 0 bridgehead atoms. The molecular formula is C14H18N6O2. The molecule has 0 aliphatic carbocycles. The molecule has 4 N–H and O–H groups in total. The first-order valence-electron chi connectivity index (χ1n) is 7.17. The minimum atomic E-state index is -0.537. The van der Waals surface area contributed by atoms with Crippen LogP contribution in [0.2, 0.25) is 0 Å². The number of amides is 1. The van der Waals surface area contributed by atoms with E-state index in [9.17, 15) is 4.79 Å². The topological polar surface area (TPSA) is 119 Å². The van der Waals surface area contributed by atoms with E-state index >= 15 is 0 Å². The number of hydrogen-bond donors (Lipinski definition) is 3. The van der Waals surface area contributed by atoms with Gasteiger partial charge in [-0.1, -0.05) is 0 Å². The van der Waals surface area contributed by atoms with Crippen molar-refractivity contribution in [1.82, 2.24) is 20.6 Å². The molecule has 0 radical (unpaired) electrons. The Morgan fingerprint density at radius 3 is 2.64 bits per heavy atom. The molecule has 3 rings (SSSR count). The molecule has 0 atom stereocenters. The predicted molar refractivity (Wildman–Crippen MR) is 79.8 cm³/mol. The largest absolute Gasteiger partial charge is 0.381 e. The third-order valence-corrected chi connectivity index (χ3v) is 4.07. The van der Waals surface area contributed by atoms with Gasteiger partial charge in [-0.15, -0.1) is 10.2 Å². The van der Waals surface area contributed by atoms with Crippen molar-refractivity contribution < 1.29 is 9.53 Å². The van der Waals surface area contributed by atoms with Gasteiger partial charge in [0.1, 0.15) is 0 Å². The highest BCUT2D eigenvalue weighted by molar-refractivity contribution is 5.95. The van der Waals surface area contributed by atoms with E-state index in [1.807, 2.05) is 24.3 Å². The monoisotopic (exact) mass is 302 g/mol. The fraction of sp³-hybridized carbons (Fsp3) is 0.429. The molecule has 1 aromatic heterocycles. The maximum atomic E-state index is 12.5. The minimum absolute atomic E-state index is 0.0504. The molecule has 8 nitrogen and oxygen atoms in total. The molecule has 1 amide bonds. The number of carbonyl (C=O) groups excluding carboxylic acids is 1. The maximum Gasteiger partial charge on any atom is 0.232 e. The summed E-state index contributed by atoms with van der Waals surface area (Å²) in [5, 5.41) is 16.7. The third kappa shape index (κ3) is 2.83. The zero-order valence-corrected chi connectivity index (χ0v) is 12.1. The Labute approximate surface area is 127 Å². The molecule has 22 heavy (non-hydrogen) atoms. The van der Waals surface area contributed by atoms with Crippen molar-refractivity contribution in [2.45, 2.75) is 12.8 Å². The van der Waals surface area contributed by atoms with Gasteiger partial charge < -0.3 is 15.8 Å². The molecule has 1 aliphatic rings. The molecule has 116 valence electrons. The lowest BCUT2D eigenvalue weighted by Crippen LogP contribution is -2.46. The van der Waals surface area contributed by atoms with E-state index in [-0.39, 0.29) is 5.91 Å². The Kier molecular flexibility index (Phi) is 4.12. The van der Waals surface area contributed by atoms with Crippen LogP contribution in [0.1, 0.15) is 12.8 Å². The van der Waals surface area contributed by atoms with Crippen LogP contribution in [0.3, 0.4) is 0 Å². The fourth-order valence-electron chi connectivity index (χ4n) is 2.54. The standard InChI is InChI=1S/C14H18N6O2/c15-9-14(5-7-22-8-6-14)13(21)16-11-3-1-10(2-4-11)12-17-19-20-18-12/h1-4H,5-9,15H2,(H,16,21)(H,17,18,19,20). The first kappa shape index (κ1) is 14.6. The van der Waals surface area contributed by atoms with Gasteiger partial charge in [0.2, 0.25) is 11.7 Å². The van der Waals surface area contributed by atoms with Gasteiger partial charge in [0.25, 0.3) is 0 Å². The molecule has 2 aromatic rings. The van der Waals surface area contributed by atoms with Crippen molar-refractivity contribution in [1.29, 1.82) is 0 Å². The number of nitrogens with zero attached hydrogens (tertiary/aromatic N) is 3. The summed E-state index contributed by atoms with van der Waals surface area (Å²) in [5.74, 6) is 0.464. The van der Waals surface area contributed by atoms with Gasteiger partial charge >= 0.3 is 0 Å². The summed E-state index contributed by atoms with van der Waals surface area (Å²) in [6.45, 7) is 1.46. The number of carbonyl (C=O) groups is 1. The minimum Gasteiger partial charge on any atom is -0.381 e. The second kappa shape index (κ2) is 6.20. The third-order valence-electron chi connectivity index (χ3n) is 4.07. The van der Waals surface area contributed by atoms with Gasteiger partial charge in [-0.25, -0.2) is 0 Å². The zero-order valence-electron chi connectivity index (χ0n) is 12.1. The smallest absolute Gasteiger partial charge is 0.232 e. The van der Waals surface area contributed by atoms with Crippen molar-refractivity contribution in [2.24, 2.45) is 11.1 Å². The summed E-state index contributed by atoms with van der Waals surface area (Å²) in [4.78, 5) is 12.5. The van der Waals surface area contributed by atoms with Crippen LogP contribution in [-0.2, 0) is 9.53 Å². The molecule has 1 fully saturated rings. The van der Waals surface area contributed by atoms with Gasteiger partial charge in [-0.05, 0) is 42.3 Å². The quantitative estimate of drug-likeness (QED) is 0.759. The number of ether oxygens (including phenoxy) is 1. The van der Waals surface area contributed by atoms with Crippen molar-refractivity contribution in [3.05, 3.63) is 24.3 Å². The van der Waals surface area contributed by atoms with Gasteiger partial charge in [0, 0.05) is 31.0 Å². The Hall–Kier alpha value is -2.32. The average Bonchev–Trinajstić information content (AvgIpc) is 3.10. The van der Waals surface area contributed by atoms with Crippen LogP contribution < -0.4 is 11.1 Å². The van der Waals surface area contributed by atoms with E-state index in [2.05, 4.69) is 25.9 Å². The molecule has 1 aromatic carbocycles. The number of nitrogens with one attached hydrogen (secondary N) is 2. The normalized spacial score (nSPS) is 17.1. The predicted octanol–water partition coefficient (Wildman–Crippen LogP) is 0.561. The van der Waals surface area contributed by atoms with Crippen LogP contribution >= 0.6 is 0 Å². The van der Waals surface area contributed by atoms with Crippen LogP contribution in [0.15, 0.2) is 24.3 Å². The van der Waals surface area contributed by atoms with Crippen LogP contribution in [0.4, 0.5) is 5.69 Å². The number of aromatic amines is 1. The summed E-state index contributed by atoms with van der Waals surface area (Å²) in [5.41, 5.74) is 6.85. The zero-order chi connectivity index (χ0) is 15.4. The highest BCUT2D eigenvalue weighted by Gasteiger charge is 2.38. The van der Waals surface area contributed by atoms with Crippen molar-refractivity contribution in [3.63, 3.8) is 0 Å². The van der Waals surface area contributed by atoms with Crippen LogP contribution in [0.5, 0.6) is 0 Å². The number of tetrazole rings is 1. The van der Waals surface area contributed by atoms with Crippen molar-refractivity contribution in [2.75, 3.05) is 25.1 Å². The lowest BCUT2D eigenvalue weighted by molar-refractivity contribution is -0.130. The SMILES string of the molecule is NCC1(C(=O)Nc2ccc(-c3nn[nH]n3)cc2)CCOCC1. The molecule has 1 aliphatic heterocycles. The highest BCUT2D eigenvalue weighted by Crippen LogP contribution is 2.31. The molecule has 1 saturated heterocycles. The Morgan fingerprint density at radius 2 is 2.05 bits per heavy atom. The molecule has 0 spiro atoms. The Bertz CT molecular complexity index is 619. The van der Waals surface area contributed by atoms with Crippen LogP contribution in [-0.4, -0.2) is 46.3 Å². The molecular weight excluding hydrogens is 284 g/mol.